The van der Waals surface area contributed by atoms with E-state index < -0.39 is 0 Å². The van der Waals surface area contributed by atoms with Gasteiger partial charge in [-0.25, -0.2) is 4.79 Å². The van der Waals surface area contributed by atoms with E-state index in [4.69, 9.17) is 9.47 Å². The zero-order valence-corrected chi connectivity index (χ0v) is 22.5. The summed E-state index contributed by atoms with van der Waals surface area (Å²) in [6.45, 7) is 4.31. The third kappa shape index (κ3) is 5.18. The van der Waals surface area contributed by atoms with E-state index in [-0.39, 0.29) is 30.1 Å². The number of hydrogen-bond acceptors (Lipinski definition) is 5. The van der Waals surface area contributed by atoms with E-state index in [1.165, 1.54) is 37.7 Å². The molecule has 0 radical (unpaired) electrons. The Hall–Kier alpha value is -1.65. The van der Waals surface area contributed by atoms with Crippen LogP contribution in [0.15, 0.2) is 11.6 Å². The van der Waals surface area contributed by atoms with Gasteiger partial charge in [-0.05, 0) is 93.0 Å². The minimum Gasteiger partial charge on any atom is -0.459 e. The van der Waals surface area contributed by atoms with Gasteiger partial charge in [0.15, 0.2) is 12.4 Å². The summed E-state index contributed by atoms with van der Waals surface area (Å²) in [4.78, 5) is 37.1. The first-order valence-corrected chi connectivity index (χ1v) is 15.0. The van der Waals surface area contributed by atoms with Gasteiger partial charge in [0.1, 0.15) is 6.10 Å². The Morgan fingerprint density at radius 2 is 1.81 bits per heavy atom. The monoisotopic (exact) mass is 498 g/mol. The van der Waals surface area contributed by atoms with Crippen LogP contribution in [0.1, 0.15) is 110 Å². The molecule has 5 nitrogen and oxygen atoms in total. The van der Waals surface area contributed by atoms with Crippen LogP contribution in [0.4, 0.5) is 0 Å². The molecule has 5 aliphatic rings. The van der Waals surface area contributed by atoms with Crippen molar-refractivity contribution in [1.82, 2.24) is 0 Å². The number of ether oxygens (including phenoxy) is 2. The van der Waals surface area contributed by atoms with Crippen molar-refractivity contribution in [2.75, 3.05) is 6.61 Å². The highest BCUT2D eigenvalue weighted by atomic mass is 16.6. The van der Waals surface area contributed by atoms with Gasteiger partial charge in [0, 0.05) is 18.3 Å². The van der Waals surface area contributed by atoms with Crippen molar-refractivity contribution in [2.45, 2.75) is 116 Å². The normalized spacial score (nSPS) is 38.4. The van der Waals surface area contributed by atoms with Crippen molar-refractivity contribution in [2.24, 2.45) is 40.9 Å². The zero-order valence-electron chi connectivity index (χ0n) is 22.5. The van der Waals surface area contributed by atoms with Crippen molar-refractivity contribution in [3.63, 3.8) is 0 Å². The third-order valence-electron chi connectivity index (χ3n) is 11.0. The highest BCUT2D eigenvalue weighted by Gasteiger charge is 2.60. The summed E-state index contributed by atoms with van der Waals surface area (Å²) in [6.07, 6.45) is 17.8. The van der Waals surface area contributed by atoms with Crippen molar-refractivity contribution in [3.8, 4) is 0 Å². The lowest BCUT2D eigenvalue weighted by Gasteiger charge is -2.53. The van der Waals surface area contributed by atoms with E-state index in [1.807, 2.05) is 6.08 Å². The minimum absolute atomic E-state index is 0.00576. The molecule has 5 rings (SSSR count). The Kier molecular flexibility index (Phi) is 7.93. The lowest BCUT2D eigenvalue weighted by atomic mass is 9.52. The van der Waals surface area contributed by atoms with Crippen LogP contribution < -0.4 is 0 Å². The summed E-state index contributed by atoms with van der Waals surface area (Å²) in [6, 6.07) is 0. The molecule has 0 heterocycles. The molecule has 0 aromatic carbocycles. The highest BCUT2D eigenvalue weighted by Crippen LogP contribution is 2.64. The average molecular weight is 499 g/mol. The molecule has 7 atom stereocenters. The van der Waals surface area contributed by atoms with Crippen LogP contribution in [0.3, 0.4) is 0 Å². The van der Waals surface area contributed by atoms with Gasteiger partial charge in [0.05, 0.1) is 0 Å². The Morgan fingerprint density at radius 3 is 2.58 bits per heavy atom. The number of rotatable bonds is 7. The van der Waals surface area contributed by atoms with Gasteiger partial charge in [-0.2, -0.15) is 0 Å². The fourth-order valence-corrected chi connectivity index (χ4v) is 9.11. The molecule has 0 amide bonds. The van der Waals surface area contributed by atoms with E-state index in [9.17, 15) is 14.4 Å². The number of fused-ring (bicyclic) bond motifs is 5. The van der Waals surface area contributed by atoms with Gasteiger partial charge in [0.25, 0.3) is 0 Å². The topological polar surface area (TPSA) is 69.7 Å². The standard InChI is InChI=1S/C31H46O5/c1-3-21-18-27-26-12-10-22-17-23(32)11-13-24(22)25(26)15-16-31(27,2)30(21)36-29(34)19-35-28(33)14-9-20-7-5-4-6-8-20/h17,20-21,24-27,30H,3-16,18-19H2,1-2H3/t21-,24-,25+,26+,27-,30-,31-/m0/s1. The number of esters is 2. The molecule has 0 bridgehead atoms. The third-order valence-corrected chi connectivity index (χ3v) is 11.0. The summed E-state index contributed by atoms with van der Waals surface area (Å²) < 4.78 is 11.5. The maximum Gasteiger partial charge on any atom is 0.344 e. The van der Waals surface area contributed by atoms with Gasteiger partial charge in [0.2, 0.25) is 0 Å². The van der Waals surface area contributed by atoms with E-state index in [0.717, 1.165) is 51.4 Å². The first-order valence-electron chi connectivity index (χ1n) is 15.0. The second-order valence-electron chi connectivity index (χ2n) is 12.9. The number of allylic oxidation sites excluding steroid dienone is 1. The molecule has 0 N–H and O–H groups in total. The minimum atomic E-state index is -0.381. The molecule has 5 heteroatoms. The fourth-order valence-electron chi connectivity index (χ4n) is 9.11. The molecule has 4 saturated carbocycles. The number of carbonyl (C=O) groups excluding carboxylic acids is 3. The van der Waals surface area contributed by atoms with Crippen molar-refractivity contribution >= 4 is 17.7 Å². The van der Waals surface area contributed by atoms with Gasteiger partial charge in [-0.15, -0.1) is 0 Å². The van der Waals surface area contributed by atoms with E-state index in [0.29, 0.717) is 54.1 Å². The van der Waals surface area contributed by atoms with E-state index >= 15 is 0 Å². The lowest BCUT2D eigenvalue weighted by molar-refractivity contribution is -0.171. The maximum absolute atomic E-state index is 12.9. The number of ketones is 1. The summed E-state index contributed by atoms with van der Waals surface area (Å²) >= 11 is 0. The summed E-state index contributed by atoms with van der Waals surface area (Å²) in [7, 11) is 0. The van der Waals surface area contributed by atoms with E-state index in [1.54, 1.807) is 0 Å². The first kappa shape index (κ1) is 26.0. The van der Waals surface area contributed by atoms with Crippen molar-refractivity contribution < 1.29 is 23.9 Å². The molecule has 5 aliphatic carbocycles. The van der Waals surface area contributed by atoms with Crippen molar-refractivity contribution in [3.05, 3.63) is 11.6 Å². The molecule has 36 heavy (non-hydrogen) atoms. The Bertz CT molecular complexity index is 870. The molecule has 4 fully saturated rings. The molecule has 200 valence electrons. The second kappa shape index (κ2) is 11.0. The lowest BCUT2D eigenvalue weighted by Crippen LogP contribution is -2.49. The molecule has 0 unspecified atom stereocenters. The first-order chi connectivity index (χ1) is 17.4. The van der Waals surface area contributed by atoms with Gasteiger partial charge in [-0.3, -0.25) is 9.59 Å². The molecular weight excluding hydrogens is 452 g/mol. The van der Waals surface area contributed by atoms with Gasteiger partial charge < -0.3 is 9.47 Å². The molecule has 0 saturated heterocycles. The SMILES string of the molecule is CC[C@H]1C[C@H]2[C@@H]3CCC4=CC(=O)CC[C@@H]4[C@H]3CC[C@]2(C)[C@H]1OC(=O)COC(=O)CCC1CCCCC1. The quantitative estimate of drug-likeness (QED) is 0.371. The Labute approximate surface area is 217 Å². The average Bonchev–Trinajstić information content (AvgIpc) is 3.18. The fraction of sp³-hybridized carbons (Fsp3) is 0.839. The van der Waals surface area contributed by atoms with Crippen molar-refractivity contribution in [1.29, 1.82) is 0 Å². The molecule has 0 spiro atoms. The number of carbonyl (C=O) groups is 3. The predicted molar refractivity (Wildman–Crippen MR) is 138 cm³/mol. The van der Waals surface area contributed by atoms with Crippen LogP contribution in [-0.2, 0) is 23.9 Å². The van der Waals surface area contributed by atoms with E-state index in [2.05, 4.69) is 13.8 Å². The van der Waals surface area contributed by atoms with Crippen LogP contribution in [0.25, 0.3) is 0 Å². The Balaban J connectivity index is 1.17. The molecule has 0 aromatic heterocycles. The maximum atomic E-state index is 12.9. The smallest absolute Gasteiger partial charge is 0.344 e. The molecular formula is C31H46O5. The number of hydrogen-bond donors (Lipinski definition) is 0. The van der Waals surface area contributed by atoms with Gasteiger partial charge in [-0.1, -0.05) is 51.5 Å². The summed E-state index contributed by atoms with van der Waals surface area (Å²) in [5, 5.41) is 0. The van der Waals surface area contributed by atoms with Crippen LogP contribution in [-0.4, -0.2) is 30.4 Å². The largest absolute Gasteiger partial charge is 0.459 e. The highest BCUT2D eigenvalue weighted by molar-refractivity contribution is 5.91. The summed E-state index contributed by atoms with van der Waals surface area (Å²) in [5.41, 5.74) is 1.41. The van der Waals surface area contributed by atoms with Crippen LogP contribution in [0.5, 0.6) is 0 Å². The van der Waals surface area contributed by atoms with Gasteiger partial charge >= 0.3 is 11.9 Å². The molecule has 0 aliphatic heterocycles. The predicted octanol–water partition coefficient (Wildman–Crippen LogP) is 6.58. The Morgan fingerprint density at radius 1 is 1.00 bits per heavy atom. The summed E-state index contributed by atoms with van der Waals surface area (Å²) in [5.74, 6) is 3.16. The van der Waals surface area contributed by atoms with Crippen LogP contribution in [0.2, 0.25) is 0 Å². The van der Waals surface area contributed by atoms with Crippen LogP contribution in [0, 0.1) is 40.9 Å². The second-order valence-corrected chi connectivity index (χ2v) is 12.9. The zero-order chi connectivity index (χ0) is 25.3. The molecule has 0 aromatic rings. The van der Waals surface area contributed by atoms with Crippen LogP contribution >= 0.6 is 0 Å².